The summed E-state index contributed by atoms with van der Waals surface area (Å²) in [6, 6.07) is 6.09. The molecule has 1 aromatic heterocycles. The molecular weight excluding hydrogens is 284 g/mol. The number of nitrogens with one attached hydrogen (secondary N) is 1. The quantitative estimate of drug-likeness (QED) is 0.503. The number of benzene rings is 1. The van der Waals surface area contributed by atoms with Gasteiger partial charge in [-0.3, -0.25) is 19.6 Å². The number of carbonyl (C=O) groups excluding carboxylic acids is 1. The van der Waals surface area contributed by atoms with Crippen molar-refractivity contribution < 1.29 is 9.72 Å². The van der Waals surface area contributed by atoms with E-state index < -0.39 is 4.92 Å². The minimum Gasteiger partial charge on any atom is -0.348 e. The van der Waals surface area contributed by atoms with Gasteiger partial charge < -0.3 is 5.32 Å². The first-order valence-corrected chi connectivity index (χ1v) is 6.80. The number of rotatable bonds is 6. The Kier molecular flexibility index (Phi) is 5.02. The van der Waals surface area contributed by atoms with E-state index in [1.54, 1.807) is 23.0 Å². The summed E-state index contributed by atoms with van der Waals surface area (Å²) in [5, 5.41) is 17.5. The van der Waals surface area contributed by atoms with Gasteiger partial charge in [0.1, 0.15) is 0 Å². The molecule has 1 N–H and O–H groups in total. The molecule has 1 amide bonds. The van der Waals surface area contributed by atoms with E-state index in [1.807, 2.05) is 13.1 Å². The van der Waals surface area contributed by atoms with E-state index in [-0.39, 0.29) is 11.6 Å². The summed E-state index contributed by atoms with van der Waals surface area (Å²) in [6.07, 6.45) is 6.46. The maximum atomic E-state index is 11.7. The monoisotopic (exact) mass is 300 g/mol. The second-order valence-corrected chi connectivity index (χ2v) is 4.61. The number of nitrogens with zero attached hydrogens (tertiary/aromatic N) is 3. The summed E-state index contributed by atoms with van der Waals surface area (Å²) in [5.41, 5.74) is 1.51. The Balaban J connectivity index is 1.91. The molecule has 0 aliphatic heterocycles. The van der Waals surface area contributed by atoms with Gasteiger partial charge in [0.15, 0.2) is 0 Å². The summed E-state index contributed by atoms with van der Waals surface area (Å²) in [5.74, 6) is -0.268. The highest BCUT2D eigenvalue weighted by molar-refractivity contribution is 5.91. The zero-order chi connectivity index (χ0) is 15.9. The Labute approximate surface area is 127 Å². The first-order chi connectivity index (χ1) is 10.6. The van der Waals surface area contributed by atoms with Crippen molar-refractivity contribution in [3.05, 3.63) is 64.0 Å². The topological polar surface area (TPSA) is 90.1 Å². The summed E-state index contributed by atoms with van der Waals surface area (Å²) in [7, 11) is 0. The first kappa shape index (κ1) is 15.4. The summed E-state index contributed by atoms with van der Waals surface area (Å²) in [6.45, 7) is 3.15. The van der Waals surface area contributed by atoms with E-state index in [9.17, 15) is 14.9 Å². The number of aromatic nitrogens is 2. The Hall–Kier alpha value is -2.96. The molecule has 0 saturated heterocycles. The highest BCUT2D eigenvalue weighted by atomic mass is 16.6. The van der Waals surface area contributed by atoms with Crippen LogP contribution in [0.25, 0.3) is 6.08 Å². The maximum absolute atomic E-state index is 11.7. The standard InChI is InChI=1S/C15H16N4O3/c1-2-18-11-13(10-17-18)9-16-15(20)7-6-12-4-3-5-14(8-12)19(21)22/h3-8,10-11H,2,9H2,1H3,(H,16,20)/b7-6+. The fraction of sp³-hybridized carbons (Fsp3) is 0.200. The van der Waals surface area contributed by atoms with Crippen molar-refractivity contribution in [3.63, 3.8) is 0 Å². The molecule has 0 saturated carbocycles. The number of amides is 1. The van der Waals surface area contributed by atoms with E-state index in [1.165, 1.54) is 24.3 Å². The van der Waals surface area contributed by atoms with Crippen LogP contribution in [-0.4, -0.2) is 20.6 Å². The molecule has 2 aromatic rings. The number of nitro benzene ring substituents is 1. The van der Waals surface area contributed by atoms with Gasteiger partial charge in [0.25, 0.3) is 5.69 Å². The van der Waals surface area contributed by atoms with Crippen molar-refractivity contribution in [1.29, 1.82) is 0 Å². The van der Waals surface area contributed by atoms with Gasteiger partial charge in [-0.25, -0.2) is 0 Å². The molecule has 22 heavy (non-hydrogen) atoms. The van der Waals surface area contributed by atoms with Crippen molar-refractivity contribution in [2.45, 2.75) is 20.0 Å². The van der Waals surface area contributed by atoms with Crippen molar-refractivity contribution >= 4 is 17.7 Å². The lowest BCUT2D eigenvalue weighted by Crippen LogP contribution is -2.19. The lowest BCUT2D eigenvalue weighted by Gasteiger charge is -1.99. The van der Waals surface area contributed by atoms with Crippen molar-refractivity contribution in [2.75, 3.05) is 0 Å². The van der Waals surface area contributed by atoms with Crippen LogP contribution in [0.3, 0.4) is 0 Å². The van der Waals surface area contributed by atoms with E-state index in [0.29, 0.717) is 12.1 Å². The number of nitro groups is 1. The maximum Gasteiger partial charge on any atom is 0.270 e. The second-order valence-electron chi connectivity index (χ2n) is 4.61. The Morgan fingerprint density at radius 2 is 2.32 bits per heavy atom. The van der Waals surface area contributed by atoms with Crippen LogP contribution in [0, 0.1) is 10.1 Å². The fourth-order valence-corrected chi connectivity index (χ4v) is 1.83. The third-order valence-corrected chi connectivity index (χ3v) is 2.99. The molecule has 1 heterocycles. The first-order valence-electron chi connectivity index (χ1n) is 6.80. The van der Waals surface area contributed by atoms with Crippen LogP contribution in [0.15, 0.2) is 42.7 Å². The van der Waals surface area contributed by atoms with Crippen LogP contribution in [0.2, 0.25) is 0 Å². The van der Waals surface area contributed by atoms with Gasteiger partial charge >= 0.3 is 0 Å². The van der Waals surface area contributed by atoms with Crippen LogP contribution in [0.5, 0.6) is 0 Å². The van der Waals surface area contributed by atoms with Gasteiger partial charge in [0, 0.05) is 43.1 Å². The van der Waals surface area contributed by atoms with Gasteiger partial charge in [0.2, 0.25) is 5.91 Å². The van der Waals surface area contributed by atoms with Crippen LogP contribution >= 0.6 is 0 Å². The highest BCUT2D eigenvalue weighted by Gasteiger charge is 2.04. The normalized spacial score (nSPS) is 10.8. The van der Waals surface area contributed by atoms with Crippen molar-refractivity contribution in [1.82, 2.24) is 15.1 Å². The number of hydrogen-bond acceptors (Lipinski definition) is 4. The van der Waals surface area contributed by atoms with Crippen molar-refractivity contribution in [3.8, 4) is 0 Å². The molecule has 0 radical (unpaired) electrons. The van der Waals surface area contributed by atoms with Gasteiger partial charge in [0.05, 0.1) is 11.1 Å². The molecule has 0 fully saturated rings. The summed E-state index contributed by atoms with van der Waals surface area (Å²) >= 11 is 0. The fourth-order valence-electron chi connectivity index (χ4n) is 1.83. The number of carbonyl (C=O) groups is 1. The zero-order valence-electron chi connectivity index (χ0n) is 12.1. The molecule has 2 rings (SSSR count). The molecule has 0 atom stereocenters. The van der Waals surface area contributed by atoms with Gasteiger partial charge in [-0.05, 0) is 18.6 Å². The lowest BCUT2D eigenvalue weighted by atomic mass is 10.2. The number of non-ortho nitro benzene ring substituents is 1. The molecular formula is C15H16N4O3. The number of hydrogen-bond donors (Lipinski definition) is 1. The molecule has 114 valence electrons. The van der Waals surface area contributed by atoms with E-state index in [4.69, 9.17) is 0 Å². The molecule has 7 heteroatoms. The van der Waals surface area contributed by atoms with E-state index in [0.717, 1.165) is 12.1 Å². The molecule has 0 bridgehead atoms. The molecule has 0 unspecified atom stereocenters. The van der Waals surface area contributed by atoms with Crippen LogP contribution in [0.1, 0.15) is 18.1 Å². The molecule has 7 nitrogen and oxygen atoms in total. The molecule has 0 aliphatic rings. The van der Waals surface area contributed by atoms with Crippen LogP contribution in [0.4, 0.5) is 5.69 Å². The smallest absolute Gasteiger partial charge is 0.270 e. The van der Waals surface area contributed by atoms with Gasteiger partial charge in [-0.15, -0.1) is 0 Å². The van der Waals surface area contributed by atoms with Crippen molar-refractivity contribution in [2.24, 2.45) is 0 Å². The Morgan fingerprint density at radius 3 is 3.00 bits per heavy atom. The minimum atomic E-state index is -0.469. The third-order valence-electron chi connectivity index (χ3n) is 2.99. The average Bonchev–Trinajstić information content (AvgIpc) is 2.99. The SMILES string of the molecule is CCn1cc(CNC(=O)/C=C/c2cccc([N+](=O)[O-])c2)cn1. The zero-order valence-corrected chi connectivity index (χ0v) is 12.1. The summed E-state index contributed by atoms with van der Waals surface area (Å²) in [4.78, 5) is 21.9. The predicted octanol–water partition coefficient (Wildman–Crippen LogP) is 2.14. The Morgan fingerprint density at radius 1 is 1.50 bits per heavy atom. The molecule has 1 aromatic carbocycles. The van der Waals surface area contributed by atoms with Gasteiger partial charge in [-0.1, -0.05) is 12.1 Å². The Bertz CT molecular complexity index is 706. The van der Waals surface area contributed by atoms with E-state index in [2.05, 4.69) is 10.4 Å². The lowest BCUT2D eigenvalue weighted by molar-refractivity contribution is -0.384. The largest absolute Gasteiger partial charge is 0.348 e. The van der Waals surface area contributed by atoms with Gasteiger partial charge in [-0.2, -0.15) is 5.10 Å². The predicted molar refractivity (Wildman–Crippen MR) is 81.9 cm³/mol. The third kappa shape index (κ3) is 4.27. The average molecular weight is 300 g/mol. The highest BCUT2D eigenvalue weighted by Crippen LogP contribution is 2.13. The minimum absolute atomic E-state index is 0.00506. The second kappa shape index (κ2) is 7.16. The van der Waals surface area contributed by atoms with Crippen LogP contribution in [-0.2, 0) is 17.9 Å². The van der Waals surface area contributed by atoms with Crippen LogP contribution < -0.4 is 5.32 Å². The molecule has 0 spiro atoms. The summed E-state index contributed by atoms with van der Waals surface area (Å²) < 4.78 is 1.78. The number of aryl methyl sites for hydroxylation is 1. The van der Waals surface area contributed by atoms with E-state index >= 15 is 0 Å². The molecule has 0 aliphatic carbocycles.